The third-order valence-electron chi connectivity index (χ3n) is 10.4. The molecule has 0 saturated heterocycles. The zero-order chi connectivity index (χ0) is 36.6. The van der Waals surface area contributed by atoms with E-state index in [2.05, 4.69) is 163 Å². The lowest BCUT2D eigenvalue weighted by atomic mass is 9.96. The number of benzene rings is 8. The van der Waals surface area contributed by atoms with Crippen LogP contribution in [0.15, 0.2) is 215 Å². The highest BCUT2D eigenvalue weighted by Gasteiger charge is 2.24. The van der Waals surface area contributed by atoms with Gasteiger partial charge in [0, 0.05) is 21.9 Å². The fraction of sp³-hybridized carbons (Fsp3) is 0.0196. The van der Waals surface area contributed by atoms with Crippen molar-refractivity contribution in [3.8, 4) is 44.5 Å². The molecule has 0 amide bonds. The molecule has 0 aliphatic carbocycles. The first-order chi connectivity index (χ1) is 27.2. The van der Waals surface area contributed by atoms with Gasteiger partial charge in [-0.2, -0.15) is 0 Å². The number of fused-ring (bicyclic) bond motifs is 3. The molecule has 1 atom stereocenters. The van der Waals surface area contributed by atoms with Crippen molar-refractivity contribution in [3.05, 3.63) is 217 Å². The number of hydrogen-bond donors (Lipinski definition) is 1. The first kappa shape index (κ1) is 32.4. The molecule has 4 nitrogen and oxygen atoms in total. The lowest BCUT2D eigenvalue weighted by Crippen LogP contribution is -2.33. The van der Waals surface area contributed by atoms with Crippen LogP contribution in [0.2, 0.25) is 0 Å². The highest BCUT2D eigenvalue weighted by atomic mass is 16.3. The molecule has 0 bridgehead atoms. The number of rotatable bonds is 7. The predicted molar refractivity (Wildman–Crippen MR) is 227 cm³/mol. The van der Waals surface area contributed by atoms with Crippen LogP contribution in [0.3, 0.4) is 0 Å². The summed E-state index contributed by atoms with van der Waals surface area (Å²) in [6.45, 7) is 0. The number of furan rings is 1. The van der Waals surface area contributed by atoms with E-state index in [1.807, 2.05) is 42.5 Å². The van der Waals surface area contributed by atoms with Crippen molar-refractivity contribution in [2.75, 3.05) is 0 Å². The Morgan fingerprint density at radius 2 is 0.855 bits per heavy atom. The summed E-state index contributed by atoms with van der Waals surface area (Å²) in [6, 6.07) is 69.9. The molecule has 10 rings (SSSR count). The van der Waals surface area contributed by atoms with E-state index in [0.29, 0.717) is 5.84 Å². The van der Waals surface area contributed by atoms with Crippen LogP contribution in [0, 0.1) is 0 Å². The third kappa shape index (κ3) is 6.30. The number of amidine groups is 2. The predicted octanol–water partition coefficient (Wildman–Crippen LogP) is 12.7. The first-order valence-electron chi connectivity index (χ1n) is 18.6. The number of nitrogens with zero attached hydrogens (tertiary/aromatic N) is 2. The van der Waals surface area contributed by atoms with Gasteiger partial charge in [-0.1, -0.05) is 182 Å². The van der Waals surface area contributed by atoms with E-state index in [9.17, 15) is 0 Å². The van der Waals surface area contributed by atoms with E-state index in [-0.39, 0.29) is 6.17 Å². The molecule has 260 valence electrons. The number of para-hydroxylation sites is 1. The van der Waals surface area contributed by atoms with Gasteiger partial charge in [0.15, 0.2) is 5.84 Å². The minimum atomic E-state index is -0.362. The zero-order valence-electron chi connectivity index (χ0n) is 29.9. The standard InChI is InChI=1S/C51H35N3O/c1-4-12-34(13-5-1)36-20-22-38(23-21-36)39-28-30-42(31-29-39)50-52-49(41-16-8-3-9-17-41)53-51(54-50)45-32-43(33-47-48(45)44-18-10-11-19-46(44)55-47)40-26-24-37(25-27-40)35-14-6-2-7-15-35/h1-33,50H,(H,52,53,54). The maximum absolute atomic E-state index is 6.53. The molecule has 55 heavy (non-hydrogen) atoms. The van der Waals surface area contributed by atoms with Gasteiger partial charge in [0.25, 0.3) is 0 Å². The summed E-state index contributed by atoms with van der Waals surface area (Å²) in [4.78, 5) is 10.6. The van der Waals surface area contributed by atoms with Crippen LogP contribution < -0.4 is 5.32 Å². The summed E-state index contributed by atoms with van der Waals surface area (Å²) < 4.78 is 6.53. The van der Waals surface area contributed by atoms with Crippen molar-refractivity contribution < 1.29 is 4.42 Å². The molecule has 0 radical (unpaired) electrons. The SMILES string of the molecule is c1ccc(C2=NC(c3cc(-c4ccc(-c5ccccc5)cc4)cc4oc5ccccc5c34)=NC(c3ccc(-c4ccc(-c5ccccc5)cc4)cc3)N2)cc1. The fourth-order valence-electron chi connectivity index (χ4n) is 7.51. The average molecular weight is 706 g/mol. The normalized spacial score (nSPS) is 14.0. The lowest BCUT2D eigenvalue weighted by Gasteiger charge is -2.24. The topological polar surface area (TPSA) is 49.9 Å². The molecule has 2 heterocycles. The zero-order valence-corrected chi connectivity index (χ0v) is 29.9. The molecule has 1 aliphatic heterocycles. The Bertz CT molecular complexity index is 2840. The molecule has 8 aromatic carbocycles. The van der Waals surface area contributed by atoms with Crippen molar-refractivity contribution in [2.45, 2.75) is 6.17 Å². The van der Waals surface area contributed by atoms with Crippen molar-refractivity contribution in [1.82, 2.24) is 5.32 Å². The molecular formula is C51H35N3O. The van der Waals surface area contributed by atoms with Gasteiger partial charge in [0.05, 0.1) is 0 Å². The van der Waals surface area contributed by atoms with E-state index >= 15 is 0 Å². The molecule has 0 saturated carbocycles. The van der Waals surface area contributed by atoms with E-state index < -0.39 is 0 Å². The van der Waals surface area contributed by atoms with E-state index in [1.54, 1.807) is 0 Å². The molecule has 1 aromatic heterocycles. The second-order valence-corrected chi connectivity index (χ2v) is 13.8. The summed E-state index contributed by atoms with van der Waals surface area (Å²) in [6.07, 6.45) is -0.362. The van der Waals surface area contributed by atoms with Crippen LogP contribution in [0.1, 0.15) is 22.9 Å². The Kier molecular flexibility index (Phi) is 8.19. The molecule has 0 spiro atoms. The van der Waals surface area contributed by atoms with Gasteiger partial charge >= 0.3 is 0 Å². The monoisotopic (exact) mass is 705 g/mol. The summed E-state index contributed by atoms with van der Waals surface area (Å²) >= 11 is 0. The molecule has 9 aromatic rings. The van der Waals surface area contributed by atoms with Crippen LogP contribution in [-0.4, -0.2) is 11.7 Å². The minimum absolute atomic E-state index is 0.362. The van der Waals surface area contributed by atoms with Crippen LogP contribution in [0.5, 0.6) is 0 Å². The maximum Gasteiger partial charge on any atom is 0.160 e. The maximum atomic E-state index is 6.53. The molecule has 1 N–H and O–H groups in total. The van der Waals surface area contributed by atoms with Crippen LogP contribution in [0.4, 0.5) is 0 Å². The molecule has 1 aliphatic rings. The van der Waals surface area contributed by atoms with E-state index in [0.717, 1.165) is 61.2 Å². The van der Waals surface area contributed by atoms with Crippen molar-refractivity contribution in [1.29, 1.82) is 0 Å². The van der Waals surface area contributed by atoms with Gasteiger partial charge in [-0.05, 0) is 68.3 Å². The fourth-order valence-corrected chi connectivity index (χ4v) is 7.51. The van der Waals surface area contributed by atoms with Gasteiger partial charge in [-0.3, -0.25) is 0 Å². The quantitative estimate of drug-likeness (QED) is 0.179. The second kappa shape index (κ2) is 13.9. The largest absolute Gasteiger partial charge is 0.456 e. The van der Waals surface area contributed by atoms with Crippen molar-refractivity contribution >= 4 is 33.6 Å². The second-order valence-electron chi connectivity index (χ2n) is 13.8. The summed E-state index contributed by atoms with van der Waals surface area (Å²) in [5, 5.41) is 5.70. The third-order valence-corrected chi connectivity index (χ3v) is 10.4. The van der Waals surface area contributed by atoms with Crippen molar-refractivity contribution in [2.24, 2.45) is 9.98 Å². The molecule has 1 unspecified atom stereocenters. The molecule has 0 fully saturated rings. The van der Waals surface area contributed by atoms with Gasteiger partial charge in [0.1, 0.15) is 23.2 Å². The number of nitrogens with one attached hydrogen (secondary N) is 1. The van der Waals surface area contributed by atoms with Gasteiger partial charge in [-0.25, -0.2) is 9.98 Å². The average Bonchev–Trinajstić information content (AvgIpc) is 3.66. The summed E-state index contributed by atoms with van der Waals surface area (Å²) in [7, 11) is 0. The summed E-state index contributed by atoms with van der Waals surface area (Å²) in [5.74, 6) is 1.43. The molecular weight excluding hydrogens is 671 g/mol. The van der Waals surface area contributed by atoms with E-state index in [1.165, 1.54) is 27.8 Å². The Balaban J connectivity index is 1.07. The number of aliphatic imine (C=N–C) groups is 2. The van der Waals surface area contributed by atoms with E-state index in [4.69, 9.17) is 14.4 Å². The summed E-state index contributed by atoms with van der Waals surface area (Å²) in [5.41, 5.74) is 13.8. The van der Waals surface area contributed by atoms with Crippen LogP contribution in [-0.2, 0) is 0 Å². The van der Waals surface area contributed by atoms with Crippen molar-refractivity contribution in [3.63, 3.8) is 0 Å². The number of hydrogen-bond acceptors (Lipinski definition) is 4. The van der Waals surface area contributed by atoms with Gasteiger partial charge in [-0.15, -0.1) is 0 Å². The first-order valence-corrected chi connectivity index (χ1v) is 18.6. The minimum Gasteiger partial charge on any atom is -0.456 e. The Morgan fingerprint density at radius 1 is 0.400 bits per heavy atom. The highest BCUT2D eigenvalue weighted by Crippen LogP contribution is 2.38. The Labute approximate surface area is 319 Å². The molecule has 4 heteroatoms. The van der Waals surface area contributed by atoms with Gasteiger partial charge < -0.3 is 9.73 Å². The Hall–Kier alpha value is -7.30. The smallest absolute Gasteiger partial charge is 0.160 e. The Morgan fingerprint density at radius 3 is 1.42 bits per heavy atom. The lowest BCUT2D eigenvalue weighted by molar-refractivity contribution is 0.668. The highest BCUT2D eigenvalue weighted by molar-refractivity contribution is 6.22. The van der Waals surface area contributed by atoms with Crippen LogP contribution >= 0.6 is 0 Å². The van der Waals surface area contributed by atoms with Gasteiger partial charge in [0.2, 0.25) is 0 Å². The van der Waals surface area contributed by atoms with Crippen LogP contribution in [0.25, 0.3) is 66.4 Å².